The predicted molar refractivity (Wildman–Crippen MR) is 59.9 cm³/mol. The lowest BCUT2D eigenvalue weighted by atomic mass is 10.1. The number of hydrogen-bond acceptors (Lipinski definition) is 4. The van der Waals surface area contributed by atoms with Crippen LogP contribution >= 0.6 is 11.8 Å². The zero-order valence-electron chi connectivity index (χ0n) is 8.44. The minimum atomic E-state index is 0.900. The van der Waals surface area contributed by atoms with Crippen molar-refractivity contribution in [3.63, 3.8) is 0 Å². The van der Waals surface area contributed by atoms with Crippen molar-refractivity contribution < 1.29 is 0 Å². The van der Waals surface area contributed by atoms with Gasteiger partial charge in [-0.2, -0.15) is 0 Å². The molecule has 2 rings (SSSR count). The van der Waals surface area contributed by atoms with E-state index >= 15 is 0 Å². The van der Waals surface area contributed by atoms with E-state index in [9.17, 15) is 0 Å². The van der Waals surface area contributed by atoms with Crippen LogP contribution in [0.4, 0.5) is 5.95 Å². The van der Waals surface area contributed by atoms with Crippen molar-refractivity contribution in [3.8, 4) is 0 Å². The molecule has 1 aromatic heterocycles. The van der Waals surface area contributed by atoms with Crippen LogP contribution in [-0.2, 0) is 0 Å². The first-order chi connectivity index (χ1) is 6.90. The number of anilines is 1. The van der Waals surface area contributed by atoms with Gasteiger partial charge in [0.25, 0.3) is 0 Å². The summed E-state index contributed by atoms with van der Waals surface area (Å²) in [5.41, 5.74) is 0. The van der Waals surface area contributed by atoms with Crippen LogP contribution in [-0.4, -0.2) is 29.3 Å². The molecule has 76 valence electrons. The van der Waals surface area contributed by atoms with Crippen molar-refractivity contribution in [1.29, 1.82) is 0 Å². The Labute approximate surface area is 88.9 Å². The Morgan fingerprint density at radius 2 is 2.07 bits per heavy atom. The number of hydrogen-bond donors (Lipinski definition) is 0. The first-order valence-electron chi connectivity index (χ1n) is 5.02. The van der Waals surface area contributed by atoms with Gasteiger partial charge in [-0.1, -0.05) is 0 Å². The number of aromatic nitrogens is 2. The smallest absolute Gasteiger partial charge is 0.226 e. The average molecular weight is 209 g/mol. The van der Waals surface area contributed by atoms with E-state index in [0.29, 0.717) is 0 Å². The van der Waals surface area contributed by atoms with E-state index in [4.69, 9.17) is 0 Å². The summed E-state index contributed by atoms with van der Waals surface area (Å²) in [6.45, 7) is 2.22. The second kappa shape index (κ2) is 4.64. The van der Waals surface area contributed by atoms with Gasteiger partial charge in [0.15, 0.2) is 0 Å². The van der Waals surface area contributed by atoms with Crippen LogP contribution in [0.15, 0.2) is 17.3 Å². The van der Waals surface area contributed by atoms with Gasteiger partial charge in [0.1, 0.15) is 5.03 Å². The maximum atomic E-state index is 4.49. The standard InChI is InChI=1S/C10H15N3S/c1-14-9-5-6-11-10(12-9)13-7-3-2-4-8-13/h5-6H,2-4,7-8H2,1H3. The predicted octanol–water partition coefficient (Wildman–Crippen LogP) is 2.19. The molecular weight excluding hydrogens is 194 g/mol. The quantitative estimate of drug-likeness (QED) is 0.551. The fourth-order valence-corrected chi connectivity index (χ4v) is 2.06. The summed E-state index contributed by atoms with van der Waals surface area (Å²) in [5.74, 6) is 0.900. The monoisotopic (exact) mass is 209 g/mol. The van der Waals surface area contributed by atoms with E-state index in [1.165, 1.54) is 19.3 Å². The van der Waals surface area contributed by atoms with Crippen LogP contribution in [0.1, 0.15) is 19.3 Å². The van der Waals surface area contributed by atoms with Crippen molar-refractivity contribution >= 4 is 17.7 Å². The molecule has 1 aliphatic heterocycles. The highest BCUT2D eigenvalue weighted by atomic mass is 32.2. The lowest BCUT2D eigenvalue weighted by molar-refractivity contribution is 0.566. The molecule has 3 nitrogen and oxygen atoms in total. The van der Waals surface area contributed by atoms with Gasteiger partial charge in [0, 0.05) is 19.3 Å². The SMILES string of the molecule is CSc1ccnc(N2CCCCC2)n1. The summed E-state index contributed by atoms with van der Waals surface area (Å²) in [6, 6.07) is 1.96. The Kier molecular flexibility index (Phi) is 3.24. The van der Waals surface area contributed by atoms with Crippen molar-refractivity contribution in [2.75, 3.05) is 24.2 Å². The third-order valence-corrected chi connectivity index (χ3v) is 3.11. The zero-order chi connectivity index (χ0) is 9.80. The molecule has 0 spiro atoms. The van der Waals surface area contributed by atoms with Crippen LogP contribution in [0.3, 0.4) is 0 Å². The molecular formula is C10H15N3S. The van der Waals surface area contributed by atoms with Gasteiger partial charge < -0.3 is 4.90 Å². The summed E-state index contributed by atoms with van der Waals surface area (Å²) in [4.78, 5) is 11.1. The van der Waals surface area contributed by atoms with Crippen LogP contribution in [0, 0.1) is 0 Å². The molecule has 0 atom stereocenters. The Balaban J connectivity index is 2.13. The fourth-order valence-electron chi connectivity index (χ4n) is 1.69. The van der Waals surface area contributed by atoms with Gasteiger partial charge in [-0.15, -0.1) is 11.8 Å². The highest BCUT2D eigenvalue weighted by Gasteiger charge is 2.13. The molecule has 1 aromatic rings. The molecule has 1 fully saturated rings. The highest BCUT2D eigenvalue weighted by molar-refractivity contribution is 7.98. The first-order valence-corrected chi connectivity index (χ1v) is 6.24. The summed E-state index contributed by atoms with van der Waals surface area (Å²) in [5, 5.41) is 1.06. The highest BCUT2D eigenvalue weighted by Crippen LogP contribution is 2.18. The average Bonchev–Trinajstić information content (AvgIpc) is 2.30. The number of nitrogens with zero attached hydrogens (tertiary/aromatic N) is 3. The maximum Gasteiger partial charge on any atom is 0.226 e. The van der Waals surface area contributed by atoms with Crippen LogP contribution < -0.4 is 4.90 Å². The number of thioether (sulfide) groups is 1. The molecule has 0 unspecified atom stereocenters. The van der Waals surface area contributed by atoms with E-state index in [1.54, 1.807) is 11.8 Å². The molecule has 0 radical (unpaired) electrons. The van der Waals surface area contributed by atoms with Gasteiger partial charge >= 0.3 is 0 Å². The molecule has 1 saturated heterocycles. The molecule has 0 N–H and O–H groups in total. The third kappa shape index (κ3) is 2.18. The van der Waals surface area contributed by atoms with Crippen molar-refractivity contribution in [1.82, 2.24) is 9.97 Å². The second-order valence-corrected chi connectivity index (χ2v) is 4.27. The normalized spacial score (nSPS) is 17.1. The molecule has 0 aliphatic carbocycles. The maximum absolute atomic E-state index is 4.49. The largest absolute Gasteiger partial charge is 0.341 e. The van der Waals surface area contributed by atoms with E-state index in [1.807, 2.05) is 18.5 Å². The third-order valence-electron chi connectivity index (χ3n) is 2.47. The minimum Gasteiger partial charge on any atom is -0.341 e. The Morgan fingerprint density at radius 1 is 1.29 bits per heavy atom. The molecule has 0 aromatic carbocycles. The first kappa shape index (κ1) is 9.77. The Hall–Kier alpha value is -0.770. The van der Waals surface area contributed by atoms with Crippen LogP contribution in [0.5, 0.6) is 0 Å². The van der Waals surface area contributed by atoms with Crippen molar-refractivity contribution in [3.05, 3.63) is 12.3 Å². The Morgan fingerprint density at radius 3 is 2.79 bits per heavy atom. The molecule has 1 aliphatic rings. The van der Waals surface area contributed by atoms with Gasteiger partial charge in [0.05, 0.1) is 0 Å². The molecule has 2 heterocycles. The molecule has 0 amide bonds. The minimum absolute atomic E-state index is 0.900. The van der Waals surface area contributed by atoms with Crippen LogP contribution in [0.25, 0.3) is 0 Å². The van der Waals surface area contributed by atoms with Crippen molar-refractivity contribution in [2.24, 2.45) is 0 Å². The lowest BCUT2D eigenvalue weighted by Crippen LogP contribution is -2.30. The van der Waals surface area contributed by atoms with Gasteiger partial charge in [-0.05, 0) is 31.6 Å². The topological polar surface area (TPSA) is 29.0 Å². The van der Waals surface area contributed by atoms with Crippen LogP contribution in [0.2, 0.25) is 0 Å². The molecule has 0 bridgehead atoms. The van der Waals surface area contributed by atoms with Gasteiger partial charge in [-0.3, -0.25) is 0 Å². The van der Waals surface area contributed by atoms with Crippen molar-refractivity contribution in [2.45, 2.75) is 24.3 Å². The van der Waals surface area contributed by atoms with Gasteiger partial charge in [-0.25, -0.2) is 9.97 Å². The summed E-state index contributed by atoms with van der Waals surface area (Å²) < 4.78 is 0. The van der Waals surface area contributed by atoms with E-state index in [2.05, 4.69) is 14.9 Å². The van der Waals surface area contributed by atoms with E-state index in [0.717, 1.165) is 24.1 Å². The molecule has 0 saturated carbocycles. The summed E-state index contributed by atoms with van der Waals surface area (Å²) in [6.07, 6.45) is 7.78. The molecule has 4 heteroatoms. The van der Waals surface area contributed by atoms with Gasteiger partial charge in [0.2, 0.25) is 5.95 Å². The number of piperidine rings is 1. The lowest BCUT2D eigenvalue weighted by Gasteiger charge is -2.26. The van der Waals surface area contributed by atoms with E-state index < -0.39 is 0 Å². The Bertz CT molecular complexity index is 297. The number of rotatable bonds is 2. The fraction of sp³-hybridized carbons (Fsp3) is 0.600. The molecule has 14 heavy (non-hydrogen) atoms. The second-order valence-electron chi connectivity index (χ2n) is 3.45. The zero-order valence-corrected chi connectivity index (χ0v) is 9.26. The summed E-state index contributed by atoms with van der Waals surface area (Å²) >= 11 is 1.67. The van der Waals surface area contributed by atoms with E-state index in [-0.39, 0.29) is 0 Å². The summed E-state index contributed by atoms with van der Waals surface area (Å²) in [7, 11) is 0.